The van der Waals surface area contributed by atoms with Gasteiger partial charge in [-0.2, -0.15) is 0 Å². The topological polar surface area (TPSA) is 33.1 Å². The van der Waals surface area contributed by atoms with Gasteiger partial charge >= 0.3 is 0 Å². The molecular weight excluding hydrogens is 222 g/mol. The Morgan fingerprint density at radius 2 is 2.06 bits per heavy atom. The first-order valence-electron chi connectivity index (χ1n) is 6.40. The Hall–Kier alpha value is -1.67. The lowest BCUT2D eigenvalue weighted by molar-refractivity contribution is 0.215. The molecule has 1 aromatic heterocycles. The van der Waals surface area contributed by atoms with Crippen molar-refractivity contribution in [2.45, 2.75) is 32.8 Å². The molecule has 1 N–H and O–H groups in total. The van der Waals surface area contributed by atoms with Crippen LogP contribution in [-0.4, -0.2) is 10.1 Å². The van der Waals surface area contributed by atoms with E-state index in [1.807, 2.05) is 31.2 Å². The van der Waals surface area contributed by atoms with Gasteiger partial charge < -0.3 is 5.11 Å². The van der Waals surface area contributed by atoms with Crippen LogP contribution in [0.1, 0.15) is 41.8 Å². The van der Waals surface area contributed by atoms with Crippen molar-refractivity contribution >= 4 is 0 Å². The van der Waals surface area contributed by atoms with Gasteiger partial charge in [-0.05, 0) is 42.2 Å². The molecule has 1 aromatic carbocycles. The molecule has 2 aromatic rings. The number of nitrogens with zero attached hydrogens (tertiary/aromatic N) is 1. The van der Waals surface area contributed by atoms with Crippen molar-refractivity contribution in [3.8, 4) is 0 Å². The molecule has 0 radical (unpaired) electrons. The maximum atomic E-state index is 10.3. The SMILES string of the molecule is CCCc1cccc(C(O)c2cc(C)ccn2)c1. The average molecular weight is 241 g/mol. The smallest absolute Gasteiger partial charge is 0.121 e. The lowest BCUT2D eigenvalue weighted by Gasteiger charge is -2.12. The number of hydrogen-bond donors (Lipinski definition) is 1. The van der Waals surface area contributed by atoms with Crippen LogP contribution in [0.3, 0.4) is 0 Å². The van der Waals surface area contributed by atoms with E-state index in [0.29, 0.717) is 5.69 Å². The number of hydrogen-bond acceptors (Lipinski definition) is 2. The molecule has 94 valence electrons. The first-order valence-corrected chi connectivity index (χ1v) is 6.40. The zero-order valence-electron chi connectivity index (χ0n) is 10.9. The molecule has 1 heterocycles. The van der Waals surface area contributed by atoms with Crippen LogP contribution in [0, 0.1) is 6.92 Å². The molecule has 0 aliphatic heterocycles. The minimum atomic E-state index is -0.637. The maximum absolute atomic E-state index is 10.3. The highest BCUT2D eigenvalue weighted by atomic mass is 16.3. The van der Waals surface area contributed by atoms with Gasteiger partial charge in [0, 0.05) is 6.20 Å². The van der Waals surface area contributed by atoms with Crippen LogP contribution in [-0.2, 0) is 6.42 Å². The summed E-state index contributed by atoms with van der Waals surface area (Å²) < 4.78 is 0. The van der Waals surface area contributed by atoms with E-state index < -0.39 is 6.10 Å². The summed E-state index contributed by atoms with van der Waals surface area (Å²) in [5, 5.41) is 10.3. The predicted molar refractivity (Wildman–Crippen MR) is 73.5 cm³/mol. The summed E-state index contributed by atoms with van der Waals surface area (Å²) in [6.07, 6.45) is 3.26. The van der Waals surface area contributed by atoms with Crippen LogP contribution in [0.15, 0.2) is 42.6 Å². The fraction of sp³-hybridized carbons (Fsp3) is 0.312. The fourth-order valence-electron chi connectivity index (χ4n) is 2.09. The summed E-state index contributed by atoms with van der Waals surface area (Å²) in [6, 6.07) is 12.0. The summed E-state index contributed by atoms with van der Waals surface area (Å²) in [4.78, 5) is 4.24. The molecule has 0 bridgehead atoms. The molecule has 0 aliphatic rings. The van der Waals surface area contributed by atoms with Crippen molar-refractivity contribution in [1.29, 1.82) is 0 Å². The largest absolute Gasteiger partial charge is 0.382 e. The lowest BCUT2D eigenvalue weighted by atomic mass is 10.0. The highest BCUT2D eigenvalue weighted by Crippen LogP contribution is 2.22. The maximum Gasteiger partial charge on any atom is 0.121 e. The van der Waals surface area contributed by atoms with Gasteiger partial charge in [0.2, 0.25) is 0 Å². The van der Waals surface area contributed by atoms with Gasteiger partial charge in [0.1, 0.15) is 6.10 Å². The van der Waals surface area contributed by atoms with Crippen LogP contribution in [0.5, 0.6) is 0 Å². The van der Waals surface area contributed by atoms with E-state index in [9.17, 15) is 5.11 Å². The number of benzene rings is 1. The molecule has 2 heteroatoms. The standard InChI is InChI=1S/C16H19NO/c1-3-5-13-6-4-7-14(11-13)16(18)15-10-12(2)8-9-17-15/h4,6-11,16,18H,3,5H2,1-2H3. The normalized spacial score (nSPS) is 12.4. The number of rotatable bonds is 4. The molecule has 1 unspecified atom stereocenters. The molecule has 2 nitrogen and oxygen atoms in total. The van der Waals surface area contributed by atoms with Crippen molar-refractivity contribution in [3.63, 3.8) is 0 Å². The van der Waals surface area contributed by atoms with Gasteiger partial charge in [-0.25, -0.2) is 0 Å². The minimum Gasteiger partial charge on any atom is -0.382 e. The van der Waals surface area contributed by atoms with Crippen LogP contribution < -0.4 is 0 Å². The van der Waals surface area contributed by atoms with Gasteiger partial charge in [-0.3, -0.25) is 4.98 Å². The number of aliphatic hydroxyl groups is 1. The van der Waals surface area contributed by atoms with Crippen molar-refractivity contribution < 1.29 is 5.11 Å². The third kappa shape index (κ3) is 2.96. The second-order valence-corrected chi connectivity index (χ2v) is 4.66. The monoisotopic (exact) mass is 241 g/mol. The van der Waals surface area contributed by atoms with Gasteiger partial charge in [0.25, 0.3) is 0 Å². The third-order valence-corrected chi connectivity index (χ3v) is 3.02. The summed E-state index contributed by atoms with van der Waals surface area (Å²) >= 11 is 0. The van der Waals surface area contributed by atoms with Gasteiger partial charge in [-0.1, -0.05) is 37.6 Å². The molecule has 0 aliphatic carbocycles. The molecule has 0 fully saturated rings. The highest BCUT2D eigenvalue weighted by Gasteiger charge is 2.12. The van der Waals surface area contributed by atoms with Crippen molar-refractivity contribution in [1.82, 2.24) is 4.98 Å². The van der Waals surface area contributed by atoms with Crippen LogP contribution in [0.25, 0.3) is 0 Å². The van der Waals surface area contributed by atoms with Gasteiger partial charge in [0.05, 0.1) is 5.69 Å². The van der Waals surface area contributed by atoms with Gasteiger partial charge in [0.15, 0.2) is 0 Å². The summed E-state index contributed by atoms with van der Waals surface area (Å²) in [5.41, 5.74) is 4.01. The lowest BCUT2D eigenvalue weighted by Crippen LogP contribution is -2.03. The average Bonchev–Trinajstić information content (AvgIpc) is 2.39. The summed E-state index contributed by atoms with van der Waals surface area (Å²) in [5.74, 6) is 0. The minimum absolute atomic E-state index is 0.637. The van der Waals surface area contributed by atoms with Crippen LogP contribution in [0.2, 0.25) is 0 Å². The predicted octanol–water partition coefficient (Wildman–Crippen LogP) is 3.42. The Morgan fingerprint density at radius 3 is 2.78 bits per heavy atom. The Balaban J connectivity index is 2.27. The van der Waals surface area contributed by atoms with E-state index in [0.717, 1.165) is 24.0 Å². The van der Waals surface area contributed by atoms with Crippen molar-refractivity contribution in [2.75, 3.05) is 0 Å². The third-order valence-electron chi connectivity index (χ3n) is 3.02. The molecular formula is C16H19NO. The summed E-state index contributed by atoms with van der Waals surface area (Å²) in [6.45, 7) is 4.16. The molecule has 0 amide bonds. The molecule has 18 heavy (non-hydrogen) atoms. The Bertz CT molecular complexity index is 522. The number of pyridine rings is 1. The van der Waals surface area contributed by atoms with Crippen molar-refractivity contribution in [2.24, 2.45) is 0 Å². The molecule has 0 saturated heterocycles. The van der Waals surface area contributed by atoms with Crippen LogP contribution in [0.4, 0.5) is 0 Å². The first-order chi connectivity index (χ1) is 8.70. The van der Waals surface area contributed by atoms with Crippen LogP contribution >= 0.6 is 0 Å². The Labute approximate surface area is 108 Å². The zero-order chi connectivity index (χ0) is 13.0. The number of aliphatic hydroxyl groups excluding tert-OH is 1. The quantitative estimate of drug-likeness (QED) is 0.889. The van der Waals surface area contributed by atoms with E-state index in [2.05, 4.69) is 24.0 Å². The Morgan fingerprint density at radius 1 is 1.22 bits per heavy atom. The highest BCUT2D eigenvalue weighted by molar-refractivity contribution is 5.31. The van der Waals surface area contributed by atoms with E-state index in [1.54, 1.807) is 6.20 Å². The second-order valence-electron chi connectivity index (χ2n) is 4.66. The van der Waals surface area contributed by atoms with E-state index >= 15 is 0 Å². The van der Waals surface area contributed by atoms with E-state index in [-0.39, 0.29) is 0 Å². The summed E-state index contributed by atoms with van der Waals surface area (Å²) in [7, 11) is 0. The van der Waals surface area contributed by atoms with E-state index in [4.69, 9.17) is 0 Å². The molecule has 1 atom stereocenters. The molecule has 0 saturated carbocycles. The van der Waals surface area contributed by atoms with E-state index in [1.165, 1.54) is 5.56 Å². The molecule has 0 spiro atoms. The fourth-order valence-corrected chi connectivity index (χ4v) is 2.09. The number of aryl methyl sites for hydroxylation is 2. The van der Waals surface area contributed by atoms with Gasteiger partial charge in [-0.15, -0.1) is 0 Å². The molecule has 2 rings (SSSR count). The second kappa shape index (κ2) is 5.78. The Kier molecular flexibility index (Phi) is 4.11. The zero-order valence-corrected chi connectivity index (χ0v) is 10.9. The van der Waals surface area contributed by atoms with Crippen molar-refractivity contribution in [3.05, 3.63) is 65.0 Å². The first kappa shape index (κ1) is 12.8. The number of aromatic nitrogens is 1.